The summed E-state index contributed by atoms with van der Waals surface area (Å²) in [4.78, 5) is 12.0. The summed E-state index contributed by atoms with van der Waals surface area (Å²) in [6, 6.07) is 7.10. The van der Waals surface area contributed by atoms with Crippen molar-refractivity contribution in [2.24, 2.45) is 5.41 Å². The molecule has 0 spiro atoms. The van der Waals surface area contributed by atoms with Gasteiger partial charge in [-0.25, -0.2) is 0 Å². The largest absolute Gasteiger partial charge is 0.380 e. The molecule has 0 radical (unpaired) electrons. The molecule has 1 fully saturated rings. The number of hydrogen-bond acceptors (Lipinski definition) is 5. The molecule has 3 rings (SSSR count). The van der Waals surface area contributed by atoms with Crippen LogP contribution in [0.15, 0.2) is 24.3 Å². The average Bonchev–Trinajstić information content (AvgIpc) is 2.97. The van der Waals surface area contributed by atoms with E-state index in [0.717, 1.165) is 5.56 Å². The van der Waals surface area contributed by atoms with Gasteiger partial charge in [0.2, 0.25) is 5.82 Å². The molecule has 2 heterocycles. The second-order valence-corrected chi connectivity index (χ2v) is 5.30. The lowest BCUT2D eigenvalue weighted by Crippen LogP contribution is -2.48. The highest BCUT2D eigenvalue weighted by Crippen LogP contribution is 2.25. The Morgan fingerprint density at radius 3 is 2.70 bits per heavy atom. The normalized spacial score (nSPS) is 16.4. The van der Waals surface area contributed by atoms with Crippen molar-refractivity contribution in [3.05, 3.63) is 29.8 Å². The molecule has 0 atom stereocenters. The number of rotatable bonds is 4. The number of tetrazole rings is 1. The van der Waals surface area contributed by atoms with E-state index in [0.29, 0.717) is 31.1 Å². The van der Waals surface area contributed by atoms with E-state index in [9.17, 15) is 4.79 Å². The molecule has 20 heavy (non-hydrogen) atoms. The van der Waals surface area contributed by atoms with Crippen molar-refractivity contribution in [1.29, 1.82) is 0 Å². The standard InChI is InChI=1S/C13H15N5O2/c1-13(7-20-8-13)6-14-12(19)10-4-2-9(3-5-10)11-15-17-18-16-11/h2-5H,6-8H2,1H3,(H,14,19)(H,15,16,17,18). The van der Waals surface area contributed by atoms with Crippen molar-refractivity contribution in [2.75, 3.05) is 19.8 Å². The fourth-order valence-electron chi connectivity index (χ4n) is 2.00. The Balaban J connectivity index is 1.63. The van der Waals surface area contributed by atoms with Crippen LogP contribution in [0, 0.1) is 5.41 Å². The van der Waals surface area contributed by atoms with Gasteiger partial charge in [0.25, 0.3) is 5.91 Å². The van der Waals surface area contributed by atoms with Gasteiger partial charge in [0, 0.05) is 23.1 Å². The van der Waals surface area contributed by atoms with Gasteiger partial charge in [-0.1, -0.05) is 19.1 Å². The molecule has 1 aromatic heterocycles. The Kier molecular flexibility index (Phi) is 3.19. The molecule has 7 nitrogen and oxygen atoms in total. The molecule has 0 bridgehead atoms. The van der Waals surface area contributed by atoms with E-state index < -0.39 is 0 Å². The van der Waals surface area contributed by atoms with Crippen LogP contribution in [0.25, 0.3) is 11.4 Å². The quantitative estimate of drug-likeness (QED) is 0.852. The first kappa shape index (κ1) is 12.7. The van der Waals surface area contributed by atoms with Gasteiger partial charge in [-0.15, -0.1) is 10.2 Å². The van der Waals surface area contributed by atoms with E-state index in [2.05, 4.69) is 32.9 Å². The van der Waals surface area contributed by atoms with Crippen molar-refractivity contribution >= 4 is 5.91 Å². The highest BCUT2D eigenvalue weighted by Gasteiger charge is 2.33. The molecule has 1 aliphatic rings. The minimum absolute atomic E-state index is 0.0697. The number of H-pyrrole nitrogens is 1. The molecular weight excluding hydrogens is 258 g/mol. The Morgan fingerprint density at radius 1 is 1.40 bits per heavy atom. The van der Waals surface area contributed by atoms with E-state index >= 15 is 0 Å². The number of hydrogen-bond donors (Lipinski definition) is 2. The Labute approximate surface area is 115 Å². The third kappa shape index (κ3) is 2.53. The molecule has 7 heteroatoms. The van der Waals surface area contributed by atoms with Crippen molar-refractivity contribution in [3.8, 4) is 11.4 Å². The molecule has 104 valence electrons. The van der Waals surface area contributed by atoms with Gasteiger partial charge in [-0.05, 0) is 17.3 Å². The molecule has 1 aliphatic heterocycles. The van der Waals surface area contributed by atoms with Crippen molar-refractivity contribution < 1.29 is 9.53 Å². The predicted octanol–water partition coefficient (Wildman–Crippen LogP) is 0.633. The third-order valence-electron chi connectivity index (χ3n) is 3.33. The number of carbonyl (C=O) groups is 1. The summed E-state index contributed by atoms with van der Waals surface area (Å²) in [5.41, 5.74) is 1.50. The lowest BCUT2D eigenvalue weighted by atomic mass is 9.88. The molecule has 0 saturated carbocycles. The predicted molar refractivity (Wildman–Crippen MR) is 70.9 cm³/mol. The Hall–Kier alpha value is -2.28. The van der Waals surface area contributed by atoms with E-state index in [-0.39, 0.29) is 11.3 Å². The Bertz CT molecular complexity index is 590. The van der Waals surface area contributed by atoms with Crippen LogP contribution < -0.4 is 5.32 Å². The number of nitrogens with zero attached hydrogens (tertiary/aromatic N) is 3. The number of aromatic amines is 1. The van der Waals surface area contributed by atoms with Crippen LogP contribution in [0.2, 0.25) is 0 Å². The molecule has 0 unspecified atom stereocenters. The van der Waals surface area contributed by atoms with E-state index in [1.54, 1.807) is 24.3 Å². The summed E-state index contributed by atoms with van der Waals surface area (Å²) >= 11 is 0. The van der Waals surface area contributed by atoms with Crippen molar-refractivity contribution in [1.82, 2.24) is 25.9 Å². The summed E-state index contributed by atoms with van der Waals surface area (Å²) in [5, 5.41) is 16.6. The van der Waals surface area contributed by atoms with Crippen LogP contribution in [-0.2, 0) is 4.74 Å². The van der Waals surface area contributed by atoms with Crippen LogP contribution in [0.5, 0.6) is 0 Å². The van der Waals surface area contributed by atoms with Crippen molar-refractivity contribution in [3.63, 3.8) is 0 Å². The lowest BCUT2D eigenvalue weighted by molar-refractivity contribution is -0.0978. The first-order valence-corrected chi connectivity index (χ1v) is 6.36. The molecule has 1 aromatic carbocycles. The van der Waals surface area contributed by atoms with Gasteiger partial charge >= 0.3 is 0 Å². The number of ether oxygens (including phenoxy) is 1. The van der Waals surface area contributed by atoms with Crippen LogP contribution in [-0.4, -0.2) is 46.3 Å². The zero-order valence-electron chi connectivity index (χ0n) is 11.1. The molecule has 0 aliphatic carbocycles. The fourth-order valence-corrected chi connectivity index (χ4v) is 2.00. The number of nitrogens with one attached hydrogen (secondary N) is 2. The van der Waals surface area contributed by atoms with Gasteiger partial charge in [-0.2, -0.15) is 5.21 Å². The second kappa shape index (κ2) is 5.01. The van der Waals surface area contributed by atoms with Gasteiger partial charge in [0.1, 0.15) is 0 Å². The molecule has 2 aromatic rings. The maximum Gasteiger partial charge on any atom is 0.251 e. The van der Waals surface area contributed by atoms with Gasteiger partial charge < -0.3 is 10.1 Å². The number of benzene rings is 1. The molecule has 1 amide bonds. The van der Waals surface area contributed by atoms with Crippen molar-refractivity contribution in [2.45, 2.75) is 6.92 Å². The minimum atomic E-state index is -0.0854. The average molecular weight is 273 g/mol. The van der Waals surface area contributed by atoms with Crippen LogP contribution in [0.4, 0.5) is 0 Å². The first-order chi connectivity index (χ1) is 9.66. The summed E-state index contributed by atoms with van der Waals surface area (Å²) in [6.07, 6.45) is 0. The maximum atomic E-state index is 12.0. The van der Waals surface area contributed by atoms with Crippen LogP contribution in [0.3, 0.4) is 0 Å². The third-order valence-corrected chi connectivity index (χ3v) is 3.33. The molecular formula is C13H15N5O2. The highest BCUT2D eigenvalue weighted by molar-refractivity contribution is 5.94. The summed E-state index contributed by atoms with van der Waals surface area (Å²) < 4.78 is 5.16. The summed E-state index contributed by atoms with van der Waals surface area (Å²) in [7, 11) is 0. The van der Waals surface area contributed by atoms with E-state index in [1.165, 1.54) is 0 Å². The fraction of sp³-hybridized carbons (Fsp3) is 0.385. The topological polar surface area (TPSA) is 92.8 Å². The SMILES string of the molecule is CC1(CNC(=O)c2ccc(-c3nn[nH]n3)cc2)COC1. The zero-order chi connectivity index (χ0) is 14.0. The minimum Gasteiger partial charge on any atom is -0.380 e. The van der Waals surface area contributed by atoms with E-state index in [1.807, 2.05) is 0 Å². The number of aromatic nitrogens is 4. The number of carbonyl (C=O) groups excluding carboxylic acids is 1. The zero-order valence-corrected chi connectivity index (χ0v) is 11.1. The Morgan fingerprint density at radius 2 is 2.15 bits per heavy atom. The molecule has 1 saturated heterocycles. The summed E-state index contributed by atoms with van der Waals surface area (Å²) in [5.74, 6) is 0.425. The van der Waals surface area contributed by atoms with E-state index in [4.69, 9.17) is 4.74 Å². The van der Waals surface area contributed by atoms with Crippen LogP contribution in [0.1, 0.15) is 17.3 Å². The first-order valence-electron chi connectivity index (χ1n) is 6.36. The maximum absolute atomic E-state index is 12.0. The second-order valence-electron chi connectivity index (χ2n) is 5.30. The summed E-state index contributed by atoms with van der Waals surface area (Å²) in [6.45, 7) is 4.11. The van der Waals surface area contributed by atoms with Gasteiger partial charge in [-0.3, -0.25) is 4.79 Å². The lowest BCUT2D eigenvalue weighted by Gasteiger charge is -2.38. The molecule has 2 N–H and O–H groups in total. The number of amides is 1. The smallest absolute Gasteiger partial charge is 0.251 e. The van der Waals surface area contributed by atoms with Gasteiger partial charge in [0.05, 0.1) is 13.2 Å². The monoisotopic (exact) mass is 273 g/mol. The highest BCUT2D eigenvalue weighted by atomic mass is 16.5. The van der Waals surface area contributed by atoms with Crippen LogP contribution >= 0.6 is 0 Å². The van der Waals surface area contributed by atoms with Gasteiger partial charge in [0.15, 0.2) is 0 Å².